The Balaban J connectivity index is 1.85. The summed E-state index contributed by atoms with van der Waals surface area (Å²) in [7, 11) is 3.33. The maximum atomic E-state index is 12.3. The van der Waals surface area contributed by atoms with Gasteiger partial charge in [-0.05, 0) is 18.4 Å². The first-order valence-corrected chi connectivity index (χ1v) is 10.2. The summed E-state index contributed by atoms with van der Waals surface area (Å²) in [5, 5.41) is 15.6. The molecule has 5 nitrogen and oxygen atoms in total. The zero-order valence-corrected chi connectivity index (χ0v) is 14.5. The zero-order valence-electron chi connectivity index (χ0n) is 12.9. The summed E-state index contributed by atoms with van der Waals surface area (Å²) in [6, 6.07) is 8.63. The first-order chi connectivity index (χ1) is 11.2. The summed E-state index contributed by atoms with van der Waals surface area (Å²) in [5.41, 5.74) is 0.757. The van der Waals surface area contributed by atoms with Crippen LogP contribution >= 0.6 is 21.6 Å². The SMILES string of the molecule is O=C1CCCCSSC[C@@H](C(=O)NCC(O)c2ccccc2)N1. The van der Waals surface area contributed by atoms with Gasteiger partial charge in [0.15, 0.2) is 0 Å². The van der Waals surface area contributed by atoms with Gasteiger partial charge in [-0.1, -0.05) is 51.9 Å². The van der Waals surface area contributed by atoms with E-state index in [9.17, 15) is 14.7 Å². The Bertz CT molecular complexity index is 513. The molecule has 1 heterocycles. The molecule has 1 aliphatic heterocycles. The van der Waals surface area contributed by atoms with Gasteiger partial charge in [0, 0.05) is 24.5 Å². The smallest absolute Gasteiger partial charge is 0.243 e. The van der Waals surface area contributed by atoms with Gasteiger partial charge < -0.3 is 15.7 Å². The summed E-state index contributed by atoms with van der Waals surface area (Å²) in [6.45, 7) is 0.132. The minimum atomic E-state index is -0.752. The lowest BCUT2D eigenvalue weighted by molar-refractivity contribution is -0.128. The minimum absolute atomic E-state index is 0.0822. The molecule has 2 rings (SSSR count). The van der Waals surface area contributed by atoms with E-state index in [2.05, 4.69) is 10.6 Å². The lowest BCUT2D eigenvalue weighted by atomic mass is 10.1. The van der Waals surface area contributed by atoms with E-state index in [-0.39, 0.29) is 18.4 Å². The highest BCUT2D eigenvalue weighted by atomic mass is 33.1. The number of hydrogen-bond acceptors (Lipinski definition) is 5. The Kier molecular flexibility index (Phi) is 7.78. The molecule has 126 valence electrons. The summed E-state index contributed by atoms with van der Waals surface area (Å²) < 4.78 is 0. The van der Waals surface area contributed by atoms with Crippen molar-refractivity contribution in [1.29, 1.82) is 0 Å². The second-order valence-electron chi connectivity index (χ2n) is 5.36. The first kappa shape index (κ1) is 18.2. The van der Waals surface area contributed by atoms with Crippen LogP contribution in [0.2, 0.25) is 0 Å². The topological polar surface area (TPSA) is 78.4 Å². The van der Waals surface area contributed by atoms with Crippen LogP contribution in [0.1, 0.15) is 30.9 Å². The number of rotatable bonds is 4. The molecule has 2 amide bonds. The van der Waals surface area contributed by atoms with Gasteiger partial charge in [0.25, 0.3) is 0 Å². The average molecular weight is 354 g/mol. The van der Waals surface area contributed by atoms with Crippen LogP contribution in [0.4, 0.5) is 0 Å². The lowest BCUT2D eigenvalue weighted by Gasteiger charge is -2.20. The van der Waals surface area contributed by atoms with Gasteiger partial charge in [-0.3, -0.25) is 9.59 Å². The molecular formula is C16H22N2O3S2. The molecule has 0 bridgehead atoms. The van der Waals surface area contributed by atoms with Crippen LogP contribution in [0.15, 0.2) is 30.3 Å². The van der Waals surface area contributed by atoms with Gasteiger partial charge in [0.1, 0.15) is 6.04 Å². The average Bonchev–Trinajstić information content (AvgIpc) is 2.58. The Morgan fingerprint density at radius 2 is 2.09 bits per heavy atom. The fourth-order valence-corrected chi connectivity index (χ4v) is 4.50. The molecule has 3 N–H and O–H groups in total. The molecule has 0 aromatic heterocycles. The van der Waals surface area contributed by atoms with Crippen molar-refractivity contribution in [2.45, 2.75) is 31.4 Å². The molecule has 1 aromatic rings. The van der Waals surface area contributed by atoms with Crippen molar-refractivity contribution >= 4 is 33.4 Å². The largest absolute Gasteiger partial charge is 0.387 e. The van der Waals surface area contributed by atoms with Crippen LogP contribution in [-0.4, -0.2) is 41.0 Å². The molecule has 1 aromatic carbocycles. The predicted octanol–water partition coefficient (Wildman–Crippen LogP) is 1.89. The van der Waals surface area contributed by atoms with Crippen LogP contribution in [-0.2, 0) is 9.59 Å². The summed E-state index contributed by atoms with van der Waals surface area (Å²) in [6.07, 6.45) is 1.57. The van der Waals surface area contributed by atoms with E-state index in [1.165, 1.54) is 0 Å². The van der Waals surface area contributed by atoms with E-state index in [1.54, 1.807) is 21.6 Å². The fourth-order valence-electron chi connectivity index (χ4n) is 2.18. The Labute approximate surface area is 144 Å². The molecule has 1 saturated heterocycles. The third-order valence-electron chi connectivity index (χ3n) is 3.51. The van der Waals surface area contributed by atoms with Crippen LogP contribution < -0.4 is 10.6 Å². The second kappa shape index (κ2) is 9.85. The molecule has 0 aliphatic carbocycles. The molecule has 0 radical (unpaired) electrons. The number of carbonyl (C=O) groups is 2. The van der Waals surface area contributed by atoms with E-state index in [0.717, 1.165) is 24.2 Å². The zero-order chi connectivity index (χ0) is 16.5. The van der Waals surface area contributed by atoms with E-state index in [0.29, 0.717) is 12.2 Å². The number of carbonyl (C=O) groups excluding carboxylic acids is 2. The van der Waals surface area contributed by atoms with Crippen molar-refractivity contribution in [3.05, 3.63) is 35.9 Å². The third-order valence-corrected chi connectivity index (χ3v) is 6.00. The van der Waals surface area contributed by atoms with Gasteiger partial charge in [0.2, 0.25) is 11.8 Å². The van der Waals surface area contributed by atoms with Gasteiger partial charge >= 0.3 is 0 Å². The number of hydrogen-bond donors (Lipinski definition) is 3. The van der Waals surface area contributed by atoms with Crippen molar-refractivity contribution in [1.82, 2.24) is 10.6 Å². The standard InChI is InChI=1S/C16H22N2O3S2/c19-14(12-6-2-1-3-7-12)10-17-16(21)13-11-23-22-9-5-4-8-15(20)18-13/h1-3,6-7,13-14,19H,4-5,8-11H2,(H,17,21)(H,18,20)/t13-,14?/m0/s1. The molecule has 0 spiro atoms. The van der Waals surface area contributed by atoms with Crippen molar-refractivity contribution < 1.29 is 14.7 Å². The Hall–Kier alpha value is -1.18. The second-order valence-corrected chi connectivity index (χ2v) is 7.98. The maximum Gasteiger partial charge on any atom is 0.243 e. The van der Waals surface area contributed by atoms with E-state index in [1.807, 2.05) is 30.3 Å². The number of amides is 2. The molecule has 1 fully saturated rings. The van der Waals surface area contributed by atoms with Crippen LogP contribution in [0.5, 0.6) is 0 Å². The monoisotopic (exact) mass is 354 g/mol. The quantitative estimate of drug-likeness (QED) is 0.720. The number of nitrogens with one attached hydrogen (secondary N) is 2. The summed E-state index contributed by atoms with van der Waals surface area (Å²) in [4.78, 5) is 24.1. The highest BCUT2D eigenvalue weighted by Gasteiger charge is 2.22. The maximum absolute atomic E-state index is 12.3. The van der Waals surface area contributed by atoms with E-state index < -0.39 is 12.1 Å². The van der Waals surface area contributed by atoms with Crippen LogP contribution in [0.3, 0.4) is 0 Å². The molecular weight excluding hydrogens is 332 g/mol. The molecule has 1 aliphatic rings. The van der Waals surface area contributed by atoms with Gasteiger partial charge in [-0.15, -0.1) is 0 Å². The Morgan fingerprint density at radius 3 is 2.87 bits per heavy atom. The number of aliphatic hydroxyl groups is 1. The van der Waals surface area contributed by atoms with Crippen molar-refractivity contribution in [2.24, 2.45) is 0 Å². The van der Waals surface area contributed by atoms with Crippen LogP contribution in [0.25, 0.3) is 0 Å². The minimum Gasteiger partial charge on any atom is -0.387 e. The van der Waals surface area contributed by atoms with Crippen LogP contribution in [0, 0.1) is 0 Å². The highest BCUT2D eigenvalue weighted by Crippen LogP contribution is 2.24. The normalized spacial score (nSPS) is 21.1. The van der Waals surface area contributed by atoms with Gasteiger partial charge in [0.05, 0.1) is 6.10 Å². The highest BCUT2D eigenvalue weighted by molar-refractivity contribution is 8.76. The molecule has 0 saturated carbocycles. The third kappa shape index (κ3) is 6.45. The van der Waals surface area contributed by atoms with Crippen molar-refractivity contribution in [3.8, 4) is 0 Å². The molecule has 2 atom stereocenters. The summed E-state index contributed by atoms with van der Waals surface area (Å²) in [5.74, 6) is 1.20. The van der Waals surface area contributed by atoms with E-state index >= 15 is 0 Å². The predicted molar refractivity (Wildman–Crippen MR) is 95.1 cm³/mol. The molecule has 1 unspecified atom stereocenters. The van der Waals surface area contributed by atoms with Crippen molar-refractivity contribution in [3.63, 3.8) is 0 Å². The van der Waals surface area contributed by atoms with Crippen molar-refractivity contribution in [2.75, 3.05) is 18.1 Å². The van der Waals surface area contributed by atoms with Gasteiger partial charge in [-0.25, -0.2) is 0 Å². The van der Waals surface area contributed by atoms with Gasteiger partial charge in [-0.2, -0.15) is 0 Å². The van der Waals surface area contributed by atoms with E-state index in [4.69, 9.17) is 0 Å². The summed E-state index contributed by atoms with van der Waals surface area (Å²) >= 11 is 0. The lowest BCUT2D eigenvalue weighted by Crippen LogP contribution is -2.49. The molecule has 23 heavy (non-hydrogen) atoms. The number of benzene rings is 1. The first-order valence-electron chi connectivity index (χ1n) is 7.71. The molecule has 7 heteroatoms. The number of aliphatic hydroxyl groups excluding tert-OH is 1. The fraction of sp³-hybridized carbons (Fsp3) is 0.500. The Morgan fingerprint density at radius 1 is 1.30 bits per heavy atom.